The molecule has 13 heavy (non-hydrogen) atoms. The number of hydrogen-bond acceptors (Lipinski definition) is 4. The highest BCUT2D eigenvalue weighted by Gasteiger charge is 2.04. The lowest BCUT2D eigenvalue weighted by molar-refractivity contribution is 0.296. The van der Waals surface area contributed by atoms with Crippen LogP contribution >= 0.6 is 34.4 Å². The molecule has 0 aliphatic carbocycles. The van der Waals surface area contributed by atoms with Gasteiger partial charge in [0, 0.05) is 12.4 Å². The van der Waals surface area contributed by atoms with Crippen LogP contribution in [0.25, 0.3) is 0 Å². The van der Waals surface area contributed by atoms with Crippen molar-refractivity contribution in [2.24, 2.45) is 0 Å². The lowest BCUT2D eigenvalue weighted by Gasteiger charge is -2.00. The Kier molecular flexibility index (Phi) is 4.74. The monoisotopic (exact) mass is 312 g/mol. The van der Waals surface area contributed by atoms with Gasteiger partial charge in [0.15, 0.2) is 0 Å². The molecule has 1 aromatic rings. The molecule has 0 radical (unpaired) electrons. The first kappa shape index (κ1) is 11.0. The average molecular weight is 312 g/mol. The molecular weight excluding hydrogens is 303 g/mol. The molecule has 6 heteroatoms. The van der Waals surface area contributed by atoms with E-state index in [9.17, 15) is 4.79 Å². The van der Waals surface area contributed by atoms with Crippen molar-refractivity contribution in [2.75, 3.05) is 12.4 Å². The van der Waals surface area contributed by atoms with E-state index in [1.807, 2.05) is 22.6 Å². The number of nitrogens with zero attached hydrogens (tertiary/aromatic N) is 1. The predicted molar refractivity (Wildman–Crippen MR) is 60.0 cm³/mol. The molecule has 0 saturated carbocycles. The van der Waals surface area contributed by atoms with Crippen molar-refractivity contribution in [3.63, 3.8) is 0 Å². The van der Waals surface area contributed by atoms with E-state index >= 15 is 0 Å². The maximum Gasteiger partial charge on any atom is 0.265 e. The van der Waals surface area contributed by atoms with Crippen molar-refractivity contribution in [2.45, 2.75) is 11.4 Å². The van der Waals surface area contributed by atoms with Gasteiger partial charge < -0.3 is 10.1 Å². The molecule has 2 N–H and O–H groups in total. The summed E-state index contributed by atoms with van der Waals surface area (Å²) in [4.78, 5) is 17.6. The van der Waals surface area contributed by atoms with Crippen molar-refractivity contribution in [3.8, 4) is 0 Å². The number of aliphatic hydroxyl groups excluding tert-OH is 1. The minimum absolute atomic E-state index is 0.109. The Hall–Kier alpha value is -0.0800. The number of hydrogen-bond donors (Lipinski definition) is 2. The molecule has 1 aromatic heterocycles. The van der Waals surface area contributed by atoms with Gasteiger partial charge in [0.1, 0.15) is 8.60 Å². The maximum absolute atomic E-state index is 11.1. The van der Waals surface area contributed by atoms with Crippen LogP contribution in [0.15, 0.2) is 16.1 Å². The fourth-order valence-corrected chi connectivity index (χ4v) is 2.28. The summed E-state index contributed by atoms with van der Waals surface area (Å²) in [7, 11) is 0. The van der Waals surface area contributed by atoms with Crippen LogP contribution in [0.4, 0.5) is 0 Å². The maximum atomic E-state index is 11.1. The van der Waals surface area contributed by atoms with Crippen LogP contribution in [0.5, 0.6) is 0 Å². The van der Waals surface area contributed by atoms with E-state index in [1.54, 1.807) is 0 Å². The van der Waals surface area contributed by atoms with E-state index in [0.29, 0.717) is 3.57 Å². The Labute approximate surface area is 93.3 Å². The molecule has 0 bridgehead atoms. The normalized spacial score (nSPS) is 10.3. The number of aromatic amines is 1. The number of thioether (sulfide) groups is 1. The molecule has 0 aliphatic heterocycles. The zero-order chi connectivity index (χ0) is 9.68. The van der Waals surface area contributed by atoms with Gasteiger partial charge in [0.25, 0.3) is 5.56 Å². The molecular formula is C7H9IN2O2S. The van der Waals surface area contributed by atoms with Crippen LogP contribution in [-0.2, 0) is 0 Å². The molecule has 1 rings (SSSR count). The molecule has 0 spiro atoms. The van der Waals surface area contributed by atoms with E-state index in [2.05, 4.69) is 9.97 Å². The van der Waals surface area contributed by atoms with E-state index in [0.717, 1.165) is 17.2 Å². The molecule has 4 nitrogen and oxygen atoms in total. The summed E-state index contributed by atoms with van der Waals surface area (Å²) in [5, 5.41) is 9.30. The Morgan fingerprint density at radius 3 is 3.15 bits per heavy atom. The van der Waals surface area contributed by atoms with E-state index in [4.69, 9.17) is 5.11 Å². The highest BCUT2D eigenvalue weighted by atomic mass is 127. The van der Waals surface area contributed by atoms with Gasteiger partial charge in [-0.25, -0.2) is 4.98 Å². The minimum atomic E-state index is -0.109. The third kappa shape index (κ3) is 3.28. The molecule has 72 valence electrons. The summed E-state index contributed by atoms with van der Waals surface area (Å²) in [6.45, 7) is 0.173. The zero-order valence-electron chi connectivity index (χ0n) is 6.79. The molecule has 0 aliphatic rings. The number of aliphatic hydroxyl groups is 1. The fourth-order valence-electron chi connectivity index (χ4n) is 0.701. The standard InChI is InChI=1S/C7H9IN2O2S/c8-5-6(12)9-4-10-7(5)13-3-1-2-11/h4,11H,1-3H2,(H,9,10,12). The smallest absolute Gasteiger partial charge is 0.265 e. The van der Waals surface area contributed by atoms with E-state index in [1.165, 1.54) is 18.1 Å². The topological polar surface area (TPSA) is 66.0 Å². The largest absolute Gasteiger partial charge is 0.396 e. The Morgan fingerprint density at radius 2 is 2.46 bits per heavy atom. The molecule has 0 amide bonds. The van der Waals surface area contributed by atoms with Crippen LogP contribution in [0.1, 0.15) is 6.42 Å². The van der Waals surface area contributed by atoms with Gasteiger partial charge in [-0.15, -0.1) is 11.8 Å². The van der Waals surface area contributed by atoms with Crippen LogP contribution in [-0.4, -0.2) is 27.4 Å². The molecule has 1 heterocycles. The summed E-state index contributed by atoms with van der Waals surface area (Å²) in [5.41, 5.74) is -0.109. The third-order valence-corrected chi connectivity index (χ3v) is 3.75. The highest BCUT2D eigenvalue weighted by molar-refractivity contribution is 14.1. The van der Waals surface area contributed by atoms with Crippen molar-refractivity contribution < 1.29 is 5.11 Å². The zero-order valence-corrected chi connectivity index (χ0v) is 9.76. The van der Waals surface area contributed by atoms with Gasteiger partial charge in [-0.3, -0.25) is 4.79 Å². The van der Waals surface area contributed by atoms with E-state index < -0.39 is 0 Å². The number of nitrogens with one attached hydrogen (secondary N) is 1. The molecule has 0 fully saturated rings. The minimum Gasteiger partial charge on any atom is -0.396 e. The van der Waals surface area contributed by atoms with Gasteiger partial charge in [-0.05, 0) is 29.0 Å². The van der Waals surface area contributed by atoms with Gasteiger partial charge in [-0.1, -0.05) is 0 Å². The van der Waals surface area contributed by atoms with Crippen LogP contribution in [0.2, 0.25) is 0 Å². The average Bonchev–Trinajstić information content (AvgIpc) is 2.13. The number of halogens is 1. The van der Waals surface area contributed by atoms with Gasteiger partial charge in [0.05, 0.1) is 6.33 Å². The van der Waals surface area contributed by atoms with Crippen molar-refractivity contribution >= 4 is 34.4 Å². The summed E-state index contributed by atoms with van der Waals surface area (Å²) >= 11 is 3.45. The lowest BCUT2D eigenvalue weighted by atomic mass is 10.5. The van der Waals surface area contributed by atoms with Crippen molar-refractivity contribution in [1.82, 2.24) is 9.97 Å². The number of aromatic nitrogens is 2. The highest BCUT2D eigenvalue weighted by Crippen LogP contribution is 2.18. The van der Waals surface area contributed by atoms with Crippen molar-refractivity contribution in [3.05, 3.63) is 20.3 Å². The second-order valence-electron chi connectivity index (χ2n) is 2.28. The predicted octanol–water partition coefficient (Wildman–Crippen LogP) is 0.849. The second kappa shape index (κ2) is 5.61. The second-order valence-corrected chi connectivity index (χ2v) is 4.44. The molecule has 0 aromatic carbocycles. The Morgan fingerprint density at radius 1 is 1.69 bits per heavy atom. The number of H-pyrrole nitrogens is 1. The lowest BCUT2D eigenvalue weighted by Crippen LogP contribution is -2.11. The number of rotatable bonds is 4. The summed E-state index contributed by atoms with van der Waals surface area (Å²) in [6.07, 6.45) is 2.11. The molecule has 0 unspecified atom stereocenters. The van der Waals surface area contributed by atoms with Crippen molar-refractivity contribution in [1.29, 1.82) is 0 Å². The summed E-state index contributed by atoms with van der Waals surface area (Å²) in [6, 6.07) is 0. The van der Waals surface area contributed by atoms with Crippen LogP contribution in [0.3, 0.4) is 0 Å². The first-order chi connectivity index (χ1) is 6.25. The quantitative estimate of drug-likeness (QED) is 0.374. The first-order valence-corrected chi connectivity index (χ1v) is 5.79. The summed E-state index contributed by atoms with van der Waals surface area (Å²) < 4.78 is 0.614. The Bertz CT molecular complexity index is 329. The fraction of sp³-hybridized carbons (Fsp3) is 0.429. The molecule has 0 saturated heterocycles. The van der Waals surface area contributed by atoms with Gasteiger partial charge >= 0.3 is 0 Å². The molecule has 0 atom stereocenters. The van der Waals surface area contributed by atoms with E-state index in [-0.39, 0.29) is 12.2 Å². The van der Waals surface area contributed by atoms with Gasteiger partial charge in [0.2, 0.25) is 0 Å². The van der Waals surface area contributed by atoms with Gasteiger partial charge in [-0.2, -0.15) is 0 Å². The van der Waals surface area contributed by atoms with Crippen LogP contribution < -0.4 is 5.56 Å². The SMILES string of the molecule is O=c1[nH]cnc(SCCCO)c1I. The third-order valence-electron chi connectivity index (χ3n) is 1.31. The first-order valence-electron chi connectivity index (χ1n) is 3.72. The Balaban J connectivity index is 2.66. The summed E-state index contributed by atoms with van der Waals surface area (Å²) in [5.74, 6) is 0.781. The van der Waals surface area contributed by atoms with Crippen LogP contribution in [0, 0.1) is 3.57 Å².